The molecule has 0 spiro atoms. The number of sulfonamides is 1. The molecule has 0 saturated heterocycles. The molecule has 0 atom stereocenters. The van der Waals surface area contributed by atoms with Gasteiger partial charge in [0.1, 0.15) is 18.1 Å². The Morgan fingerprint density at radius 2 is 1.86 bits per heavy atom. The number of aryl methyl sites for hydroxylation is 1. The number of nitrogens with one attached hydrogen (secondary N) is 2. The molecule has 0 aliphatic heterocycles. The third-order valence-corrected chi connectivity index (χ3v) is 5.88. The van der Waals surface area contributed by atoms with E-state index in [1.54, 1.807) is 31.2 Å². The van der Waals surface area contributed by atoms with Crippen LogP contribution >= 0.6 is 15.9 Å². The van der Waals surface area contributed by atoms with Gasteiger partial charge in [0, 0.05) is 4.47 Å². The van der Waals surface area contributed by atoms with Crippen LogP contribution in [0.4, 0.5) is 0 Å². The molecular formula is C19H17BrN2O5S. The first-order valence-corrected chi connectivity index (χ1v) is 10.5. The van der Waals surface area contributed by atoms with Crippen molar-refractivity contribution in [2.45, 2.75) is 18.4 Å². The van der Waals surface area contributed by atoms with Gasteiger partial charge in [-0.1, -0.05) is 34.1 Å². The van der Waals surface area contributed by atoms with Gasteiger partial charge in [-0.05, 0) is 55.0 Å². The van der Waals surface area contributed by atoms with Crippen molar-refractivity contribution in [3.8, 4) is 5.75 Å². The van der Waals surface area contributed by atoms with Crippen molar-refractivity contribution in [2.75, 3.05) is 0 Å². The molecule has 0 radical (unpaired) electrons. The Labute approximate surface area is 170 Å². The number of halogens is 1. The third kappa shape index (κ3) is 5.00. The smallest absolute Gasteiger partial charge is 0.301 e. The summed E-state index contributed by atoms with van der Waals surface area (Å²) in [5.74, 6) is 0.340. The van der Waals surface area contributed by atoms with E-state index in [1.807, 2.05) is 18.2 Å². The van der Waals surface area contributed by atoms with E-state index in [0.29, 0.717) is 11.5 Å². The highest BCUT2D eigenvalue weighted by molar-refractivity contribution is 9.10. The van der Waals surface area contributed by atoms with Crippen molar-refractivity contribution < 1.29 is 22.4 Å². The molecule has 146 valence electrons. The number of rotatable bonds is 7. The highest BCUT2D eigenvalue weighted by atomic mass is 79.9. The molecule has 3 rings (SSSR count). The second-order valence-corrected chi connectivity index (χ2v) is 8.38. The lowest BCUT2D eigenvalue weighted by molar-refractivity contribution is 0.0913. The lowest BCUT2D eigenvalue weighted by atomic mass is 10.2. The van der Waals surface area contributed by atoms with Crippen molar-refractivity contribution in [1.29, 1.82) is 0 Å². The van der Waals surface area contributed by atoms with Gasteiger partial charge in [0.15, 0.2) is 5.76 Å². The minimum atomic E-state index is -3.91. The number of hydrogen-bond donors (Lipinski definition) is 2. The maximum Gasteiger partial charge on any atom is 0.301 e. The lowest BCUT2D eigenvalue weighted by Gasteiger charge is -2.08. The Kier molecular flexibility index (Phi) is 6.18. The number of hydrazine groups is 1. The molecule has 7 nitrogen and oxygen atoms in total. The van der Waals surface area contributed by atoms with Crippen LogP contribution in [-0.4, -0.2) is 14.3 Å². The molecule has 3 aromatic rings. The van der Waals surface area contributed by atoms with E-state index < -0.39 is 15.9 Å². The van der Waals surface area contributed by atoms with Crippen molar-refractivity contribution in [3.63, 3.8) is 0 Å². The molecule has 2 N–H and O–H groups in total. The van der Waals surface area contributed by atoms with Gasteiger partial charge < -0.3 is 9.15 Å². The summed E-state index contributed by atoms with van der Waals surface area (Å²) in [5, 5.41) is 0. The zero-order chi connectivity index (χ0) is 20.1. The van der Waals surface area contributed by atoms with Crippen LogP contribution in [0.5, 0.6) is 5.75 Å². The molecule has 28 heavy (non-hydrogen) atoms. The van der Waals surface area contributed by atoms with Crippen LogP contribution in [0.3, 0.4) is 0 Å². The van der Waals surface area contributed by atoms with Crippen LogP contribution in [0.1, 0.15) is 21.9 Å². The van der Waals surface area contributed by atoms with Crippen molar-refractivity contribution >= 4 is 31.9 Å². The fraction of sp³-hybridized carbons (Fsp3) is 0.105. The Hall–Kier alpha value is -2.62. The number of carbonyl (C=O) groups excluding carboxylic acids is 1. The number of carbonyl (C=O) groups is 1. The lowest BCUT2D eigenvalue weighted by Crippen LogP contribution is -2.41. The SMILES string of the molecule is Cc1cc(S(=O)(=O)NNC(=O)c2ccc(COc3ccccc3)o2)ccc1Br. The van der Waals surface area contributed by atoms with E-state index in [2.05, 4.69) is 26.2 Å². The normalized spacial score (nSPS) is 11.2. The van der Waals surface area contributed by atoms with Crippen LogP contribution in [0.25, 0.3) is 0 Å². The number of benzene rings is 2. The molecule has 2 aromatic carbocycles. The highest BCUT2D eigenvalue weighted by Gasteiger charge is 2.18. The fourth-order valence-electron chi connectivity index (χ4n) is 2.27. The molecule has 9 heteroatoms. The second-order valence-electron chi connectivity index (χ2n) is 5.84. The van der Waals surface area contributed by atoms with Crippen molar-refractivity contribution in [3.05, 3.63) is 82.2 Å². The van der Waals surface area contributed by atoms with Gasteiger partial charge in [0.05, 0.1) is 4.90 Å². The van der Waals surface area contributed by atoms with Crippen molar-refractivity contribution in [1.82, 2.24) is 10.3 Å². The fourth-order valence-corrected chi connectivity index (χ4v) is 3.44. The molecular weight excluding hydrogens is 448 g/mol. The van der Waals surface area contributed by atoms with Crippen molar-refractivity contribution in [2.24, 2.45) is 0 Å². The molecule has 0 aliphatic carbocycles. The minimum absolute atomic E-state index is 0.0323. The molecule has 0 fully saturated rings. The van der Waals surface area contributed by atoms with E-state index >= 15 is 0 Å². The number of furan rings is 1. The van der Waals surface area contributed by atoms with Gasteiger partial charge in [-0.3, -0.25) is 10.2 Å². The summed E-state index contributed by atoms with van der Waals surface area (Å²) < 4.78 is 36.3. The quantitative estimate of drug-likeness (QED) is 0.521. The van der Waals surface area contributed by atoms with E-state index in [1.165, 1.54) is 18.2 Å². The van der Waals surface area contributed by atoms with Gasteiger partial charge in [-0.25, -0.2) is 8.42 Å². The first kappa shape index (κ1) is 20.1. The largest absolute Gasteiger partial charge is 0.486 e. The first-order valence-electron chi connectivity index (χ1n) is 8.20. The molecule has 0 saturated carbocycles. The molecule has 0 bridgehead atoms. The maximum absolute atomic E-state index is 12.3. The van der Waals surface area contributed by atoms with Crippen LogP contribution in [0, 0.1) is 6.92 Å². The van der Waals surface area contributed by atoms with Gasteiger partial charge in [0.2, 0.25) is 0 Å². The second kappa shape index (κ2) is 8.59. The predicted octanol–water partition coefficient (Wildman–Crippen LogP) is 3.55. The van der Waals surface area contributed by atoms with Gasteiger partial charge in [-0.15, -0.1) is 4.83 Å². The summed E-state index contributed by atoms with van der Waals surface area (Å²) in [5.41, 5.74) is 2.89. The average Bonchev–Trinajstić information content (AvgIpc) is 3.16. The van der Waals surface area contributed by atoms with Gasteiger partial charge in [-0.2, -0.15) is 0 Å². The summed E-state index contributed by atoms with van der Waals surface area (Å²) in [6, 6.07) is 16.7. The van der Waals surface area contributed by atoms with Gasteiger partial charge >= 0.3 is 5.91 Å². The topological polar surface area (TPSA) is 97.6 Å². The van der Waals surface area contributed by atoms with E-state index in [-0.39, 0.29) is 17.3 Å². The maximum atomic E-state index is 12.3. The van der Waals surface area contributed by atoms with E-state index in [0.717, 1.165) is 10.0 Å². The van der Waals surface area contributed by atoms with E-state index in [9.17, 15) is 13.2 Å². The standard InChI is InChI=1S/C19H17BrN2O5S/c1-13-11-16(8-9-17(13)20)28(24,25)22-21-19(23)18-10-7-15(27-18)12-26-14-5-3-2-4-6-14/h2-11,22H,12H2,1H3,(H,21,23). The van der Waals surface area contributed by atoms with Gasteiger partial charge in [0.25, 0.3) is 10.0 Å². The highest BCUT2D eigenvalue weighted by Crippen LogP contribution is 2.19. The van der Waals surface area contributed by atoms with Crippen LogP contribution in [0.2, 0.25) is 0 Å². The van der Waals surface area contributed by atoms with Crippen LogP contribution < -0.4 is 15.0 Å². The average molecular weight is 465 g/mol. The molecule has 1 aromatic heterocycles. The number of para-hydroxylation sites is 1. The molecule has 1 amide bonds. The molecule has 1 heterocycles. The summed E-state index contributed by atoms with van der Waals surface area (Å²) in [6.45, 7) is 1.91. The zero-order valence-corrected chi connectivity index (χ0v) is 17.2. The minimum Gasteiger partial charge on any atom is -0.486 e. The Morgan fingerprint density at radius 3 is 2.57 bits per heavy atom. The monoisotopic (exact) mass is 464 g/mol. The Balaban J connectivity index is 1.59. The third-order valence-electron chi connectivity index (χ3n) is 3.75. The number of ether oxygens (including phenoxy) is 1. The number of amides is 1. The number of hydrogen-bond acceptors (Lipinski definition) is 5. The predicted molar refractivity (Wildman–Crippen MR) is 106 cm³/mol. The summed E-state index contributed by atoms with van der Waals surface area (Å²) >= 11 is 3.31. The van der Waals surface area contributed by atoms with Crippen LogP contribution in [-0.2, 0) is 16.6 Å². The Morgan fingerprint density at radius 1 is 1.11 bits per heavy atom. The Bertz CT molecular complexity index is 1080. The van der Waals surface area contributed by atoms with Crippen LogP contribution in [0.15, 0.2) is 74.4 Å². The first-order chi connectivity index (χ1) is 13.3. The zero-order valence-electron chi connectivity index (χ0n) is 14.8. The molecule has 0 aliphatic rings. The molecule has 0 unspecified atom stereocenters. The van der Waals surface area contributed by atoms with E-state index in [4.69, 9.17) is 9.15 Å². The summed E-state index contributed by atoms with van der Waals surface area (Å²) in [4.78, 5) is 14.2. The summed E-state index contributed by atoms with van der Waals surface area (Å²) in [6.07, 6.45) is 0. The summed E-state index contributed by atoms with van der Waals surface area (Å²) in [7, 11) is -3.91.